The smallest absolute Gasteiger partial charge is 0.427 e. The third-order valence-electron chi connectivity index (χ3n) is 15.0. The van der Waals surface area contributed by atoms with Crippen LogP contribution in [0, 0.1) is 34.0 Å². The molecule has 12 aromatic rings. The molecule has 10 aromatic carbocycles. The lowest BCUT2D eigenvalue weighted by Gasteiger charge is -2.30. The van der Waals surface area contributed by atoms with Gasteiger partial charge < -0.3 is 31.7 Å². The summed E-state index contributed by atoms with van der Waals surface area (Å²) < 4.78 is 86.4. The van der Waals surface area contributed by atoms with Crippen LogP contribution in [0.15, 0.2) is 306 Å². The van der Waals surface area contributed by atoms with Crippen molar-refractivity contribution in [3.63, 3.8) is 0 Å². The summed E-state index contributed by atoms with van der Waals surface area (Å²) in [4.78, 5) is 4.10. The molecule has 0 fully saturated rings. The molecule has 16 rings (SSSR count). The van der Waals surface area contributed by atoms with Crippen molar-refractivity contribution in [1.82, 2.24) is 0 Å². The molecule has 22 heteroatoms. The van der Waals surface area contributed by atoms with Gasteiger partial charge in [-0.25, -0.2) is 18.7 Å². The van der Waals surface area contributed by atoms with E-state index in [4.69, 9.17) is 46.9 Å². The number of hydrogen-bond donors (Lipinski definition) is 1. The molecule has 100 heavy (non-hydrogen) atoms. The molecule has 4 aliphatic heterocycles. The molecule has 488 valence electrons. The molecular formula is C78H54N6O10P4S2. The van der Waals surface area contributed by atoms with E-state index in [1.807, 2.05) is 175 Å². The Hall–Kier alpha value is -11.7. The number of aliphatic imine (C=N–C) groups is 1. The van der Waals surface area contributed by atoms with Gasteiger partial charge in [0, 0.05) is 16.7 Å². The number of nitrogens with zero attached hydrogens (tertiary/aromatic N) is 5. The molecule has 3 atom stereocenters. The van der Waals surface area contributed by atoms with E-state index < -0.39 is 30.2 Å². The van der Waals surface area contributed by atoms with Crippen LogP contribution in [0.1, 0.15) is 50.1 Å². The molecule has 0 radical (unpaired) electrons. The number of nitrogens with one attached hydrogen (secondary N) is 1. The number of benzene rings is 10. The number of fused-ring (bicyclic) bond motifs is 4. The summed E-state index contributed by atoms with van der Waals surface area (Å²) in [5.41, 5.74) is 7.57. The fourth-order valence-electron chi connectivity index (χ4n) is 10.2. The second-order valence-corrected chi connectivity index (χ2v) is 31.2. The van der Waals surface area contributed by atoms with E-state index in [1.165, 1.54) is 17.3 Å². The Kier molecular flexibility index (Phi) is 20.3. The lowest BCUT2D eigenvalue weighted by molar-refractivity contribution is 0.398. The molecule has 3 unspecified atom stereocenters. The van der Waals surface area contributed by atoms with Crippen LogP contribution in [0.5, 0.6) is 40.2 Å². The normalized spacial score (nSPS) is 17.4. The van der Waals surface area contributed by atoms with Gasteiger partial charge in [-0.05, 0) is 173 Å². The SMILES string of the molecule is N#Cc1ccc(C2=Cc3ccccc3OP2(=O)Oc2ccccc2)cc1.N#Cc1ccc(C2=Cc3ccsc3N=P2(Oc2ccccc2)Oc2ccccc2)cc1.N#Cc1ccc(C2=Cc3ccsc3NP2(=O)Oc2ccccc2)cc1.O=P1(Oc2ccccc2)C=Nc2ccccc2O1. The number of rotatable bonds is 13. The first-order valence-electron chi connectivity index (χ1n) is 30.8. The number of thiophene rings is 2. The summed E-state index contributed by atoms with van der Waals surface area (Å²) in [6.45, 7) is 0. The Morgan fingerprint density at radius 2 is 0.800 bits per heavy atom. The molecule has 4 aliphatic rings. The first-order chi connectivity index (χ1) is 48.9. The Morgan fingerprint density at radius 3 is 1.34 bits per heavy atom. The van der Waals surface area contributed by atoms with Crippen LogP contribution < -0.4 is 36.8 Å². The topological polar surface area (TPSA) is 224 Å². The van der Waals surface area contributed by atoms with Gasteiger partial charge in [0.05, 0.1) is 50.8 Å². The van der Waals surface area contributed by atoms with Gasteiger partial charge >= 0.3 is 30.2 Å². The highest BCUT2D eigenvalue weighted by Crippen LogP contribution is 2.68. The molecular weight excluding hydrogens is 1370 g/mol. The summed E-state index contributed by atoms with van der Waals surface area (Å²) in [6.07, 6.45) is 5.82. The van der Waals surface area contributed by atoms with E-state index in [0.29, 0.717) is 78.8 Å². The number of hydrogen-bond acceptors (Lipinski definition) is 17. The Labute approximate surface area is 585 Å². The van der Waals surface area contributed by atoms with Crippen molar-refractivity contribution in [2.24, 2.45) is 9.74 Å². The predicted octanol–water partition coefficient (Wildman–Crippen LogP) is 23.5. The van der Waals surface area contributed by atoms with Crippen LogP contribution in [-0.2, 0) is 13.7 Å². The average molecular weight is 1420 g/mol. The maximum atomic E-state index is 13.7. The Bertz CT molecular complexity index is 5360. The number of nitriles is 3. The van der Waals surface area contributed by atoms with Crippen molar-refractivity contribution in [1.29, 1.82) is 15.8 Å². The van der Waals surface area contributed by atoms with Gasteiger partial charge in [-0.3, -0.25) is 5.09 Å². The average Bonchev–Trinajstić information content (AvgIpc) is 0.880. The minimum Gasteiger partial charge on any atom is -0.427 e. The molecule has 6 heterocycles. The summed E-state index contributed by atoms with van der Waals surface area (Å²) in [5.74, 6) is 5.11. The third-order valence-corrected chi connectivity index (χ3v) is 24.5. The molecule has 0 bridgehead atoms. The van der Waals surface area contributed by atoms with Gasteiger partial charge in [0.2, 0.25) is 0 Å². The monoisotopic (exact) mass is 1420 g/mol. The maximum absolute atomic E-state index is 13.7. The third kappa shape index (κ3) is 15.8. The highest BCUT2D eigenvalue weighted by atomic mass is 32.1. The first-order valence-corrected chi connectivity index (χ1v) is 38.9. The molecule has 0 amide bonds. The highest BCUT2D eigenvalue weighted by molar-refractivity contribution is 7.72. The summed E-state index contributed by atoms with van der Waals surface area (Å²) in [5, 5.41) is 37.9. The fourth-order valence-corrected chi connectivity index (χ4v) is 19.8. The lowest BCUT2D eigenvalue weighted by Crippen LogP contribution is -2.09. The van der Waals surface area contributed by atoms with Crippen LogP contribution in [-0.4, -0.2) is 5.96 Å². The summed E-state index contributed by atoms with van der Waals surface area (Å²) >= 11 is 3.06. The summed E-state index contributed by atoms with van der Waals surface area (Å²) in [7, 11) is -13.3. The summed E-state index contributed by atoms with van der Waals surface area (Å²) in [6, 6.07) is 92.5. The molecule has 1 N–H and O–H groups in total. The number of para-hydroxylation sites is 8. The highest BCUT2D eigenvalue weighted by Gasteiger charge is 2.40. The quantitative estimate of drug-likeness (QED) is 0.106. The lowest BCUT2D eigenvalue weighted by atomic mass is 10.1. The minimum atomic E-state index is -3.65. The molecule has 0 saturated heterocycles. The van der Waals surface area contributed by atoms with Crippen LogP contribution in [0.4, 0.5) is 15.7 Å². The second-order valence-electron chi connectivity index (χ2n) is 21.8. The maximum Gasteiger partial charge on any atom is 0.473 e. The first kappa shape index (κ1) is 66.9. The van der Waals surface area contributed by atoms with E-state index in [1.54, 1.807) is 145 Å². The zero-order valence-corrected chi connectivity index (χ0v) is 57.7. The van der Waals surface area contributed by atoms with Crippen molar-refractivity contribution < 1.29 is 45.4 Å². The predicted molar refractivity (Wildman–Crippen MR) is 399 cm³/mol. The Morgan fingerprint density at radius 1 is 0.380 bits per heavy atom. The van der Waals surface area contributed by atoms with Gasteiger partial charge in [-0.1, -0.05) is 158 Å². The van der Waals surface area contributed by atoms with E-state index in [2.05, 4.69) is 34.4 Å². The van der Waals surface area contributed by atoms with Gasteiger partial charge in [0.25, 0.3) is 0 Å². The van der Waals surface area contributed by atoms with Crippen molar-refractivity contribution in [2.45, 2.75) is 0 Å². The van der Waals surface area contributed by atoms with Crippen molar-refractivity contribution in [2.75, 3.05) is 5.09 Å². The molecule has 2 aromatic heterocycles. The fraction of sp³-hybridized carbons (Fsp3) is 0. The zero-order valence-electron chi connectivity index (χ0n) is 52.5. The van der Waals surface area contributed by atoms with Crippen LogP contribution in [0.2, 0.25) is 0 Å². The van der Waals surface area contributed by atoms with Crippen LogP contribution in [0.3, 0.4) is 0 Å². The second kappa shape index (κ2) is 30.4. The molecule has 0 saturated carbocycles. The van der Waals surface area contributed by atoms with Crippen molar-refractivity contribution in [3.8, 4) is 58.5 Å². The molecule has 0 aliphatic carbocycles. The standard InChI is InChI=1S/C25H17N2O2PS.C21H14NO3P.C19H13N2O2PS.C13H10NO3P/c26-18-19-11-13-20(14-12-19)24-17-21-15-16-31-25(21)27-30(24,28-22-7-3-1-4-8-22)29-23-9-5-2-6-10-23;22-15-16-10-12-17(13-11-16)21-14-18-6-4-5-9-20(18)25-26(21,23)24-19-7-2-1-3-8-19;20-13-14-6-8-15(9-7-14)18-12-16-10-11-25-19(16)21-24(18,22)23-17-4-2-1-3-5-17;15-18(16-11-6-2-1-3-7-11)10-14-12-8-4-5-9-13(12)17-18/h1-17H;1-14H;1-12H,(H,21,22);1-10H. The van der Waals surface area contributed by atoms with Gasteiger partial charge in [-0.15, -0.1) is 22.7 Å². The van der Waals surface area contributed by atoms with Gasteiger partial charge in [0.1, 0.15) is 56.1 Å². The minimum absolute atomic E-state index is 0.463. The molecule has 16 nitrogen and oxygen atoms in total. The molecule has 0 spiro atoms. The largest absolute Gasteiger partial charge is 0.473 e. The Balaban J connectivity index is 0.000000121. The number of anilines is 1. The van der Waals surface area contributed by atoms with Gasteiger partial charge in [0.15, 0.2) is 5.75 Å². The van der Waals surface area contributed by atoms with Crippen molar-refractivity contribution >= 4 is 109 Å². The van der Waals surface area contributed by atoms with Crippen LogP contribution in [0.25, 0.3) is 34.2 Å². The van der Waals surface area contributed by atoms with E-state index in [-0.39, 0.29) is 0 Å². The van der Waals surface area contributed by atoms with Gasteiger partial charge in [-0.2, -0.15) is 20.5 Å². The van der Waals surface area contributed by atoms with Crippen molar-refractivity contribution in [3.05, 3.63) is 346 Å². The van der Waals surface area contributed by atoms with E-state index >= 15 is 0 Å². The van der Waals surface area contributed by atoms with E-state index in [9.17, 15) is 19.0 Å². The van der Waals surface area contributed by atoms with Crippen LogP contribution >= 0.6 is 52.9 Å². The van der Waals surface area contributed by atoms with E-state index in [0.717, 1.165) is 43.1 Å². The zero-order chi connectivity index (χ0) is 68.8.